The molecule has 0 aliphatic heterocycles. The van der Waals surface area contributed by atoms with Gasteiger partial charge < -0.3 is 4.90 Å². The van der Waals surface area contributed by atoms with E-state index in [1.807, 2.05) is 0 Å². The number of hydrogen-bond donors (Lipinski definition) is 0. The standard InChI is InChI=1S/C37H12Cl14N3O4/c38-24-19(13-1-3-14(4-2-13)52(15-5-9-17(10-6-15)53(55)56)16-7-11-18(12-8-16)54(57)58)25(39)27(41)21(26(24)40)20(22-28(42)32(46)36(50)33(47)29(22)43)23-30(44)34(48)37(51)35(49)31(23)45/h1-12H. The minimum absolute atomic E-state index is 0.0993. The first kappa shape index (κ1) is 45.5. The molecule has 1 radical (unpaired) electrons. The number of rotatable bonds is 9. The summed E-state index contributed by atoms with van der Waals surface area (Å²) in [6.45, 7) is 0. The molecule has 0 aliphatic carbocycles. The summed E-state index contributed by atoms with van der Waals surface area (Å²) in [5.74, 6) is -0.103. The van der Waals surface area contributed by atoms with Crippen LogP contribution in [0.15, 0.2) is 72.8 Å². The van der Waals surface area contributed by atoms with E-state index in [0.717, 1.165) is 0 Å². The Labute approximate surface area is 398 Å². The normalized spacial score (nSPS) is 11.4. The van der Waals surface area contributed by atoms with Crippen LogP contribution in [-0.2, 0) is 0 Å². The fraction of sp³-hybridized carbons (Fsp3) is 0. The molecule has 0 spiro atoms. The van der Waals surface area contributed by atoms with Gasteiger partial charge in [0.25, 0.3) is 11.4 Å². The second-order valence-electron chi connectivity index (χ2n) is 11.7. The lowest BCUT2D eigenvalue weighted by molar-refractivity contribution is -0.385. The molecule has 6 rings (SSSR count). The van der Waals surface area contributed by atoms with Crippen molar-refractivity contribution in [3.05, 3.63) is 186 Å². The second-order valence-corrected chi connectivity index (χ2v) is 17.0. The molecule has 21 heteroatoms. The highest BCUT2D eigenvalue weighted by Gasteiger charge is 2.38. The van der Waals surface area contributed by atoms with Gasteiger partial charge in [-0.1, -0.05) is 175 Å². The van der Waals surface area contributed by atoms with Gasteiger partial charge in [-0.3, -0.25) is 20.2 Å². The predicted octanol–water partition coefficient (Wildman–Crippen LogP) is 18.8. The monoisotopic (exact) mass is 1050 g/mol. The number of anilines is 3. The van der Waals surface area contributed by atoms with Gasteiger partial charge in [0.15, 0.2) is 0 Å². The van der Waals surface area contributed by atoms with E-state index in [1.165, 1.54) is 48.5 Å². The quantitative estimate of drug-likeness (QED) is 0.0473. The number of nitro groups is 2. The van der Waals surface area contributed by atoms with Crippen LogP contribution in [0.3, 0.4) is 0 Å². The van der Waals surface area contributed by atoms with Gasteiger partial charge in [0, 0.05) is 63.6 Å². The minimum atomic E-state index is -0.531. The summed E-state index contributed by atoms with van der Waals surface area (Å²) in [5, 5.41) is 20.0. The fourth-order valence-electron chi connectivity index (χ4n) is 5.80. The summed E-state index contributed by atoms with van der Waals surface area (Å²) in [5.41, 5.74) is 1.55. The third-order valence-corrected chi connectivity index (χ3v) is 14.7. The summed E-state index contributed by atoms with van der Waals surface area (Å²) in [6, 6.07) is 18.1. The maximum absolute atomic E-state index is 11.4. The summed E-state index contributed by atoms with van der Waals surface area (Å²) in [4.78, 5) is 23.4. The Hall–Kier alpha value is -2.02. The van der Waals surface area contributed by atoms with Crippen molar-refractivity contribution in [2.75, 3.05) is 4.90 Å². The molecule has 0 bridgehead atoms. The molecule has 0 fully saturated rings. The molecule has 0 aliphatic rings. The summed E-state index contributed by atoms with van der Waals surface area (Å²) in [6.07, 6.45) is 0. The Morgan fingerprint density at radius 1 is 0.362 bits per heavy atom. The van der Waals surface area contributed by atoms with Crippen LogP contribution >= 0.6 is 162 Å². The average molecular weight is 1060 g/mol. The van der Waals surface area contributed by atoms with Gasteiger partial charge in [-0.05, 0) is 42.0 Å². The van der Waals surface area contributed by atoms with Crippen LogP contribution in [0.25, 0.3) is 11.1 Å². The second kappa shape index (κ2) is 18.1. The van der Waals surface area contributed by atoms with Crippen LogP contribution in [0, 0.1) is 26.1 Å². The molecule has 0 atom stereocenters. The van der Waals surface area contributed by atoms with Crippen molar-refractivity contribution in [2.24, 2.45) is 0 Å². The lowest BCUT2D eigenvalue weighted by Gasteiger charge is -2.28. The Morgan fingerprint density at radius 3 is 0.879 bits per heavy atom. The minimum Gasteiger partial charge on any atom is -0.310 e. The van der Waals surface area contributed by atoms with Crippen LogP contribution in [0.1, 0.15) is 16.7 Å². The third-order valence-electron chi connectivity index (χ3n) is 8.48. The van der Waals surface area contributed by atoms with Gasteiger partial charge in [0.1, 0.15) is 0 Å². The largest absolute Gasteiger partial charge is 0.310 e. The third kappa shape index (κ3) is 8.19. The SMILES string of the molecule is O=[N+]([O-])c1ccc(N(c2ccc(-c3c(Cl)c(Cl)c([C](c4c(Cl)c(Cl)c(Cl)c(Cl)c4Cl)c4c(Cl)c(Cl)c(Cl)c(Cl)c4Cl)c(Cl)c3Cl)cc2)c2ccc([N+](=O)[O-])cc2)cc1. The molecule has 0 amide bonds. The van der Waals surface area contributed by atoms with Crippen molar-refractivity contribution in [3.8, 4) is 11.1 Å². The average Bonchev–Trinajstić information content (AvgIpc) is 3.21. The lowest BCUT2D eigenvalue weighted by atomic mass is 9.83. The number of halogens is 14. The molecule has 0 saturated carbocycles. The van der Waals surface area contributed by atoms with Gasteiger partial charge in [0.2, 0.25) is 0 Å². The Bertz CT molecular complexity index is 2470. The number of benzene rings is 6. The maximum Gasteiger partial charge on any atom is 0.269 e. The highest BCUT2D eigenvalue weighted by atomic mass is 35.5. The van der Waals surface area contributed by atoms with Crippen LogP contribution in [-0.4, -0.2) is 9.85 Å². The molecule has 0 N–H and O–H groups in total. The molecule has 7 nitrogen and oxygen atoms in total. The van der Waals surface area contributed by atoms with E-state index in [0.29, 0.717) is 22.6 Å². The van der Waals surface area contributed by atoms with Crippen LogP contribution in [0.4, 0.5) is 28.4 Å². The molecular formula is C37H12Cl14N3O4. The first-order valence-electron chi connectivity index (χ1n) is 15.5. The van der Waals surface area contributed by atoms with E-state index >= 15 is 0 Å². The zero-order valence-electron chi connectivity index (χ0n) is 27.7. The van der Waals surface area contributed by atoms with Gasteiger partial charge in [-0.2, -0.15) is 0 Å². The predicted molar refractivity (Wildman–Crippen MR) is 243 cm³/mol. The van der Waals surface area contributed by atoms with Crippen molar-refractivity contribution in [3.63, 3.8) is 0 Å². The highest BCUT2D eigenvalue weighted by molar-refractivity contribution is 6.58. The van der Waals surface area contributed by atoms with Crippen molar-refractivity contribution in [1.29, 1.82) is 0 Å². The molecule has 6 aromatic rings. The van der Waals surface area contributed by atoms with Gasteiger partial charge in [-0.15, -0.1) is 0 Å². The van der Waals surface area contributed by atoms with Crippen molar-refractivity contribution in [1.82, 2.24) is 0 Å². The van der Waals surface area contributed by atoms with Crippen LogP contribution in [0.5, 0.6) is 0 Å². The van der Waals surface area contributed by atoms with E-state index in [2.05, 4.69) is 0 Å². The first-order chi connectivity index (χ1) is 27.3. The number of nitrogens with zero attached hydrogens (tertiary/aromatic N) is 3. The molecular weight excluding hydrogens is 1050 g/mol. The van der Waals surface area contributed by atoms with Crippen LogP contribution < -0.4 is 4.90 Å². The van der Waals surface area contributed by atoms with E-state index < -0.39 is 9.85 Å². The fourth-order valence-corrected chi connectivity index (χ4v) is 9.71. The van der Waals surface area contributed by atoms with E-state index in [-0.39, 0.29) is 110 Å². The number of non-ortho nitro benzene ring substituents is 2. The summed E-state index contributed by atoms with van der Waals surface area (Å²) < 4.78 is 0. The molecule has 0 saturated heterocycles. The van der Waals surface area contributed by atoms with Crippen molar-refractivity contribution < 1.29 is 9.85 Å². The Kier molecular flexibility index (Phi) is 14.2. The van der Waals surface area contributed by atoms with E-state index in [9.17, 15) is 20.2 Å². The Balaban J connectivity index is 1.56. The van der Waals surface area contributed by atoms with Crippen LogP contribution in [0.2, 0.25) is 70.3 Å². The van der Waals surface area contributed by atoms with E-state index in [1.54, 1.807) is 29.2 Å². The highest BCUT2D eigenvalue weighted by Crippen LogP contribution is 2.58. The molecule has 0 aromatic heterocycles. The molecule has 0 heterocycles. The smallest absolute Gasteiger partial charge is 0.269 e. The molecule has 6 aromatic carbocycles. The van der Waals surface area contributed by atoms with Crippen molar-refractivity contribution in [2.45, 2.75) is 0 Å². The number of hydrogen-bond acceptors (Lipinski definition) is 5. The van der Waals surface area contributed by atoms with E-state index in [4.69, 9.17) is 162 Å². The van der Waals surface area contributed by atoms with Crippen molar-refractivity contribution >= 4 is 191 Å². The summed E-state index contributed by atoms with van der Waals surface area (Å²) >= 11 is 94.2. The van der Waals surface area contributed by atoms with Gasteiger partial charge in [-0.25, -0.2) is 0 Å². The van der Waals surface area contributed by atoms with Gasteiger partial charge >= 0.3 is 0 Å². The topological polar surface area (TPSA) is 89.5 Å². The Morgan fingerprint density at radius 2 is 0.603 bits per heavy atom. The zero-order valence-corrected chi connectivity index (χ0v) is 38.3. The molecule has 58 heavy (non-hydrogen) atoms. The number of nitro benzene ring substituents is 2. The lowest BCUT2D eigenvalue weighted by Crippen LogP contribution is -2.12. The summed E-state index contributed by atoms with van der Waals surface area (Å²) in [7, 11) is 0. The first-order valence-corrected chi connectivity index (χ1v) is 20.7. The van der Waals surface area contributed by atoms with Gasteiger partial charge in [0.05, 0.1) is 86.1 Å². The maximum atomic E-state index is 11.4. The molecule has 0 unspecified atom stereocenters. The zero-order chi connectivity index (χ0) is 42.7. The molecule has 297 valence electrons.